The highest BCUT2D eigenvalue weighted by atomic mass is 35.5. The fourth-order valence-corrected chi connectivity index (χ4v) is 3.72. The number of carbonyl (C=O) groups is 1. The van der Waals surface area contributed by atoms with E-state index in [9.17, 15) is 13.6 Å². The van der Waals surface area contributed by atoms with E-state index in [0.717, 1.165) is 35.2 Å². The number of nitrogens with two attached hydrogens (primary N) is 1. The van der Waals surface area contributed by atoms with E-state index in [0.29, 0.717) is 22.2 Å². The number of para-hydroxylation sites is 1. The maximum absolute atomic E-state index is 13.8. The summed E-state index contributed by atoms with van der Waals surface area (Å²) in [5.41, 5.74) is 7.98. The molecular weight excluding hydrogens is 430 g/mol. The molecule has 0 aliphatic rings. The van der Waals surface area contributed by atoms with Gasteiger partial charge in [0, 0.05) is 10.6 Å². The molecule has 30 heavy (non-hydrogen) atoms. The molecule has 0 aliphatic carbocycles. The highest BCUT2D eigenvalue weighted by molar-refractivity contribution is 8.00. The van der Waals surface area contributed by atoms with Gasteiger partial charge in [0.05, 0.1) is 10.9 Å². The minimum Gasteiger partial charge on any atom is -0.383 e. The molecule has 2 aromatic carbocycles. The monoisotopic (exact) mass is 448 g/mol. The molecule has 1 amide bonds. The van der Waals surface area contributed by atoms with Gasteiger partial charge in [-0.3, -0.25) is 4.79 Å². The van der Waals surface area contributed by atoms with Crippen molar-refractivity contribution in [1.29, 1.82) is 0 Å². The number of nitrogens with one attached hydrogen (secondary N) is 1. The summed E-state index contributed by atoms with van der Waals surface area (Å²) in [5, 5.41) is 2.47. The van der Waals surface area contributed by atoms with Crippen LogP contribution in [0.25, 0.3) is 11.1 Å². The van der Waals surface area contributed by atoms with Gasteiger partial charge in [0.25, 0.3) is 0 Å². The van der Waals surface area contributed by atoms with Crippen molar-refractivity contribution >= 4 is 40.8 Å². The molecule has 3 rings (SSSR count). The number of aryl methyl sites for hydroxylation is 1. The van der Waals surface area contributed by atoms with Crippen LogP contribution < -0.4 is 11.1 Å². The molecule has 0 radical (unpaired) electrons. The van der Waals surface area contributed by atoms with E-state index in [1.165, 1.54) is 6.07 Å². The summed E-state index contributed by atoms with van der Waals surface area (Å²) in [6.45, 7) is 3.53. The van der Waals surface area contributed by atoms with Crippen LogP contribution in [0.2, 0.25) is 5.02 Å². The third kappa shape index (κ3) is 4.88. The van der Waals surface area contributed by atoms with E-state index in [1.807, 2.05) is 19.1 Å². The molecule has 0 spiro atoms. The van der Waals surface area contributed by atoms with Gasteiger partial charge in [0.1, 0.15) is 23.1 Å². The van der Waals surface area contributed by atoms with Crippen LogP contribution in [-0.2, 0) is 11.2 Å². The molecule has 156 valence electrons. The molecule has 1 heterocycles. The standard InChI is InChI=1S/C21H19ClF2N4OS/c1-3-16-17(12-7-9-13(22)10-8-12)19(25)28-21(26-16)30-11(2)20(29)27-18-14(23)5-4-6-15(18)24/h4-11H,3H2,1-2H3,(H,27,29)(H2,25,26,28). The summed E-state index contributed by atoms with van der Waals surface area (Å²) in [6, 6.07) is 10.6. The fraction of sp³-hybridized carbons (Fsp3) is 0.190. The third-order valence-electron chi connectivity index (χ3n) is 4.32. The number of nitrogen functional groups attached to an aromatic ring is 1. The van der Waals surface area contributed by atoms with Gasteiger partial charge < -0.3 is 11.1 Å². The van der Waals surface area contributed by atoms with Crippen LogP contribution in [0.4, 0.5) is 20.3 Å². The molecule has 1 atom stereocenters. The van der Waals surface area contributed by atoms with Gasteiger partial charge in [-0.1, -0.05) is 48.5 Å². The lowest BCUT2D eigenvalue weighted by atomic mass is 10.0. The normalized spacial score (nSPS) is 11.9. The van der Waals surface area contributed by atoms with Crippen LogP contribution in [0.5, 0.6) is 0 Å². The van der Waals surface area contributed by atoms with Crippen LogP contribution in [0.15, 0.2) is 47.6 Å². The molecule has 0 fully saturated rings. The van der Waals surface area contributed by atoms with Crippen molar-refractivity contribution in [3.63, 3.8) is 0 Å². The lowest BCUT2D eigenvalue weighted by Gasteiger charge is -2.15. The topological polar surface area (TPSA) is 80.9 Å². The maximum atomic E-state index is 13.8. The Morgan fingerprint density at radius 3 is 2.40 bits per heavy atom. The Balaban J connectivity index is 1.81. The molecular formula is C21H19ClF2N4OS. The first-order valence-electron chi connectivity index (χ1n) is 9.14. The molecule has 5 nitrogen and oxygen atoms in total. The van der Waals surface area contributed by atoms with Crippen molar-refractivity contribution in [2.24, 2.45) is 0 Å². The molecule has 9 heteroatoms. The highest BCUT2D eigenvalue weighted by Gasteiger charge is 2.21. The van der Waals surface area contributed by atoms with Crippen LogP contribution in [-0.4, -0.2) is 21.1 Å². The Morgan fingerprint density at radius 1 is 1.17 bits per heavy atom. The number of rotatable bonds is 6. The largest absolute Gasteiger partial charge is 0.383 e. The van der Waals surface area contributed by atoms with Gasteiger partial charge in [-0.2, -0.15) is 0 Å². The van der Waals surface area contributed by atoms with Crippen molar-refractivity contribution in [3.8, 4) is 11.1 Å². The average Bonchev–Trinajstić information content (AvgIpc) is 2.71. The van der Waals surface area contributed by atoms with E-state index < -0.39 is 28.5 Å². The lowest BCUT2D eigenvalue weighted by molar-refractivity contribution is -0.115. The third-order valence-corrected chi connectivity index (χ3v) is 5.53. The van der Waals surface area contributed by atoms with Crippen LogP contribution in [0.1, 0.15) is 19.5 Å². The molecule has 0 saturated heterocycles. The van der Waals surface area contributed by atoms with Crippen molar-refractivity contribution in [1.82, 2.24) is 9.97 Å². The predicted molar refractivity (Wildman–Crippen MR) is 117 cm³/mol. The average molecular weight is 449 g/mol. The number of benzene rings is 2. The quantitative estimate of drug-likeness (QED) is 0.393. The van der Waals surface area contributed by atoms with Crippen molar-refractivity contribution < 1.29 is 13.6 Å². The SMILES string of the molecule is CCc1nc(SC(C)C(=O)Nc2c(F)cccc2F)nc(N)c1-c1ccc(Cl)cc1. The summed E-state index contributed by atoms with van der Waals surface area (Å²) in [5.74, 6) is -1.99. The Labute approximate surface area is 182 Å². The van der Waals surface area contributed by atoms with Gasteiger partial charge in [0.2, 0.25) is 5.91 Å². The van der Waals surface area contributed by atoms with E-state index in [4.69, 9.17) is 17.3 Å². The molecule has 1 unspecified atom stereocenters. The number of anilines is 2. The summed E-state index contributed by atoms with van der Waals surface area (Å²) in [7, 11) is 0. The number of carbonyl (C=O) groups excluding carboxylic acids is 1. The minimum absolute atomic E-state index is 0.277. The zero-order chi connectivity index (χ0) is 21.8. The Kier molecular flexibility index (Phi) is 6.89. The minimum atomic E-state index is -0.846. The number of hydrogen-bond donors (Lipinski definition) is 2. The first-order chi connectivity index (χ1) is 14.3. The van der Waals surface area contributed by atoms with Gasteiger partial charge >= 0.3 is 0 Å². The zero-order valence-corrected chi connectivity index (χ0v) is 17.8. The van der Waals surface area contributed by atoms with E-state index in [2.05, 4.69) is 15.3 Å². The number of aromatic nitrogens is 2. The number of halogens is 3. The zero-order valence-electron chi connectivity index (χ0n) is 16.2. The molecule has 3 N–H and O–H groups in total. The predicted octanol–water partition coefficient (Wildman–Crippen LogP) is 5.34. The van der Waals surface area contributed by atoms with Crippen LogP contribution in [0, 0.1) is 11.6 Å². The summed E-state index contributed by atoms with van der Waals surface area (Å²) in [6.07, 6.45) is 0.596. The first kappa shape index (κ1) is 22.0. The Hall–Kier alpha value is -2.71. The number of hydrogen-bond acceptors (Lipinski definition) is 5. The molecule has 1 aromatic heterocycles. The van der Waals surface area contributed by atoms with E-state index in [-0.39, 0.29) is 5.82 Å². The summed E-state index contributed by atoms with van der Waals surface area (Å²) < 4.78 is 27.5. The van der Waals surface area contributed by atoms with Crippen LogP contribution >= 0.6 is 23.4 Å². The van der Waals surface area contributed by atoms with Crippen LogP contribution in [0.3, 0.4) is 0 Å². The lowest BCUT2D eigenvalue weighted by Crippen LogP contribution is -2.24. The van der Waals surface area contributed by atoms with Gasteiger partial charge in [-0.15, -0.1) is 0 Å². The molecule has 0 saturated carbocycles. The van der Waals surface area contributed by atoms with Gasteiger partial charge in [0.15, 0.2) is 5.16 Å². The smallest absolute Gasteiger partial charge is 0.237 e. The second kappa shape index (κ2) is 9.40. The van der Waals surface area contributed by atoms with Crippen molar-refractivity contribution in [2.45, 2.75) is 30.7 Å². The first-order valence-corrected chi connectivity index (χ1v) is 10.4. The number of amides is 1. The number of nitrogens with zero attached hydrogens (tertiary/aromatic N) is 2. The van der Waals surface area contributed by atoms with Gasteiger partial charge in [-0.25, -0.2) is 18.7 Å². The fourth-order valence-electron chi connectivity index (χ4n) is 2.80. The van der Waals surface area contributed by atoms with E-state index in [1.54, 1.807) is 19.1 Å². The Bertz CT molecular complexity index is 1060. The van der Waals surface area contributed by atoms with Crippen molar-refractivity contribution in [3.05, 3.63) is 64.8 Å². The van der Waals surface area contributed by atoms with E-state index >= 15 is 0 Å². The summed E-state index contributed by atoms with van der Waals surface area (Å²) in [4.78, 5) is 21.3. The molecule has 3 aromatic rings. The molecule has 0 aliphatic heterocycles. The van der Waals surface area contributed by atoms with Gasteiger partial charge in [-0.05, 0) is 43.2 Å². The second-order valence-electron chi connectivity index (χ2n) is 6.42. The highest BCUT2D eigenvalue weighted by Crippen LogP contribution is 2.32. The maximum Gasteiger partial charge on any atom is 0.237 e. The second-order valence-corrected chi connectivity index (χ2v) is 8.16. The number of thioether (sulfide) groups is 1. The van der Waals surface area contributed by atoms with Crippen molar-refractivity contribution in [2.75, 3.05) is 11.1 Å². The molecule has 0 bridgehead atoms. The Morgan fingerprint density at radius 2 is 1.80 bits per heavy atom. The summed E-state index contributed by atoms with van der Waals surface area (Å²) >= 11 is 7.00.